The number of likely N-dealkylation sites (N-methyl/N-ethyl adjacent to an activating group) is 1. The maximum absolute atomic E-state index is 13.5. The number of fused-ring (bicyclic) bond motifs is 1. The van der Waals surface area contributed by atoms with E-state index in [-0.39, 0.29) is 18.1 Å². The van der Waals surface area contributed by atoms with E-state index in [2.05, 4.69) is 17.3 Å². The molecule has 7 N–H and O–H groups in total. The van der Waals surface area contributed by atoms with Gasteiger partial charge in [0.05, 0.1) is 44.3 Å². The Morgan fingerprint density at radius 3 is 2.47 bits per heavy atom. The molecular weight excluding hydrogens is 476 g/mol. The minimum absolute atomic E-state index is 0.0218. The Kier molecular flexibility index (Phi) is 12.1. The molecule has 0 radical (unpaired) electrons. The molecule has 3 rings (SSSR count). The number of nitrogens with one attached hydrogen (secondary N) is 1. The van der Waals surface area contributed by atoms with Gasteiger partial charge < -0.3 is 27.0 Å². The number of pyridine rings is 1. The van der Waals surface area contributed by atoms with Crippen molar-refractivity contribution < 1.29 is 14.1 Å². The predicted molar refractivity (Wildman–Crippen MR) is 154 cm³/mol. The molecular formula is C30H49N6O2+. The Hall–Kier alpha value is -2.39. The lowest BCUT2D eigenvalue weighted by molar-refractivity contribution is -0.907. The number of carbonyl (C=O) groups is 2. The van der Waals surface area contributed by atoms with E-state index in [1.54, 1.807) is 6.20 Å². The lowest BCUT2D eigenvalue weighted by atomic mass is 9.84. The van der Waals surface area contributed by atoms with Crippen molar-refractivity contribution in [2.24, 2.45) is 23.1 Å². The first kappa shape index (κ1) is 30.2. The number of aromatic nitrogens is 1. The van der Waals surface area contributed by atoms with E-state index in [1.165, 1.54) is 32.1 Å². The summed E-state index contributed by atoms with van der Waals surface area (Å²) in [7, 11) is 2.15. The number of benzene rings is 1. The molecule has 8 nitrogen and oxygen atoms in total. The normalized spacial score (nSPS) is 16.3. The Balaban J connectivity index is 1.60. The van der Waals surface area contributed by atoms with E-state index in [9.17, 15) is 9.59 Å². The van der Waals surface area contributed by atoms with Gasteiger partial charge in [0.1, 0.15) is 0 Å². The molecule has 0 saturated heterocycles. The summed E-state index contributed by atoms with van der Waals surface area (Å²) in [6.07, 6.45) is 11.2. The highest BCUT2D eigenvalue weighted by molar-refractivity contribution is 5.92. The summed E-state index contributed by atoms with van der Waals surface area (Å²) in [5.74, 6) is 0.413. The fourth-order valence-electron chi connectivity index (χ4n) is 5.79. The Bertz CT molecular complexity index is 1020. The van der Waals surface area contributed by atoms with Gasteiger partial charge >= 0.3 is 0 Å². The van der Waals surface area contributed by atoms with Gasteiger partial charge in [-0.25, -0.2) is 0 Å². The highest BCUT2D eigenvalue weighted by Crippen LogP contribution is 2.28. The molecule has 1 amide bonds. The number of nitrogens with zero attached hydrogens (tertiary/aromatic N) is 2. The van der Waals surface area contributed by atoms with Gasteiger partial charge in [0.2, 0.25) is 5.91 Å². The van der Waals surface area contributed by atoms with Crippen LogP contribution in [-0.2, 0) is 16.0 Å². The molecule has 1 aliphatic carbocycles. The first-order chi connectivity index (χ1) is 18.3. The largest absolute Gasteiger partial charge is 0.345 e. The molecule has 0 bridgehead atoms. The first-order valence-electron chi connectivity index (χ1n) is 14.5. The molecule has 1 aromatic carbocycles. The monoisotopic (exact) mass is 525 g/mol. The summed E-state index contributed by atoms with van der Waals surface area (Å²) in [6, 6.07) is 8.73. The summed E-state index contributed by atoms with van der Waals surface area (Å²) in [4.78, 5) is 31.1. The summed E-state index contributed by atoms with van der Waals surface area (Å²) in [6.45, 7) is 3.76. The van der Waals surface area contributed by atoms with Crippen LogP contribution in [0.1, 0.15) is 63.4 Å². The number of quaternary nitrogens is 1. The van der Waals surface area contributed by atoms with Crippen molar-refractivity contribution in [1.29, 1.82) is 0 Å². The number of hydrogen-bond acceptors (Lipinski definition) is 6. The second kappa shape index (κ2) is 15.3. The molecule has 1 fully saturated rings. The quantitative estimate of drug-likeness (QED) is 0.249. The third-order valence-corrected chi connectivity index (χ3v) is 8.21. The van der Waals surface area contributed by atoms with Crippen LogP contribution in [0.2, 0.25) is 0 Å². The van der Waals surface area contributed by atoms with Crippen molar-refractivity contribution in [3.8, 4) is 0 Å². The van der Waals surface area contributed by atoms with Crippen molar-refractivity contribution in [1.82, 2.24) is 10.3 Å². The summed E-state index contributed by atoms with van der Waals surface area (Å²) < 4.78 is 0.781. The fourth-order valence-corrected chi connectivity index (χ4v) is 5.79. The standard InChI is InChI=1S/C30H48N6O2/c1-36(18-15-31,19-16-32)17-7-11-26(33)30(38)35-28(14-13-23-8-3-2-4-9-23)29(37)21-24-20-25-10-5-6-12-27(25)34-22-24/h5-6,10,12,20,22-23,26,28H,2-4,7-9,11,13-19,21,31-33H2,1H3/p+1/t26-,28+/m0/s1. The van der Waals surface area contributed by atoms with Crippen LogP contribution in [0.5, 0.6) is 0 Å². The third kappa shape index (κ3) is 9.42. The molecule has 1 heterocycles. The number of para-hydroxylation sites is 1. The minimum Gasteiger partial charge on any atom is -0.345 e. The molecule has 2 atom stereocenters. The molecule has 210 valence electrons. The molecule has 0 aliphatic heterocycles. The molecule has 2 aromatic rings. The van der Waals surface area contributed by atoms with Crippen LogP contribution in [0, 0.1) is 5.92 Å². The average molecular weight is 526 g/mol. The zero-order chi connectivity index (χ0) is 27.4. The molecule has 0 spiro atoms. The van der Waals surface area contributed by atoms with Gasteiger partial charge in [0.25, 0.3) is 0 Å². The molecule has 0 unspecified atom stereocenters. The van der Waals surface area contributed by atoms with Crippen molar-refractivity contribution in [3.63, 3.8) is 0 Å². The zero-order valence-electron chi connectivity index (χ0n) is 23.2. The third-order valence-electron chi connectivity index (χ3n) is 8.21. The van der Waals surface area contributed by atoms with Crippen LogP contribution in [0.3, 0.4) is 0 Å². The minimum atomic E-state index is -0.647. The van der Waals surface area contributed by atoms with Crippen molar-refractivity contribution in [2.75, 3.05) is 39.8 Å². The average Bonchev–Trinajstić information content (AvgIpc) is 2.91. The van der Waals surface area contributed by atoms with E-state index in [0.29, 0.717) is 31.8 Å². The van der Waals surface area contributed by atoms with E-state index in [1.807, 2.05) is 30.3 Å². The molecule has 1 aliphatic rings. The number of hydrogen-bond donors (Lipinski definition) is 4. The maximum Gasteiger partial charge on any atom is 0.237 e. The van der Waals surface area contributed by atoms with Crippen LogP contribution in [0.15, 0.2) is 36.5 Å². The van der Waals surface area contributed by atoms with Crippen molar-refractivity contribution in [2.45, 2.75) is 76.3 Å². The van der Waals surface area contributed by atoms with Crippen LogP contribution in [0.4, 0.5) is 0 Å². The van der Waals surface area contributed by atoms with Gasteiger partial charge in [-0.2, -0.15) is 0 Å². The van der Waals surface area contributed by atoms with Gasteiger partial charge in [-0.15, -0.1) is 0 Å². The van der Waals surface area contributed by atoms with Crippen LogP contribution in [-0.4, -0.2) is 73.0 Å². The molecule has 1 saturated carbocycles. The van der Waals surface area contributed by atoms with Crippen LogP contribution in [0.25, 0.3) is 10.9 Å². The lowest BCUT2D eigenvalue weighted by Gasteiger charge is -2.34. The van der Waals surface area contributed by atoms with Gasteiger partial charge in [-0.05, 0) is 49.3 Å². The number of amides is 1. The van der Waals surface area contributed by atoms with Gasteiger partial charge in [0.15, 0.2) is 5.78 Å². The van der Waals surface area contributed by atoms with Gasteiger partial charge in [0, 0.05) is 31.1 Å². The Morgan fingerprint density at radius 1 is 1.05 bits per heavy atom. The van der Waals surface area contributed by atoms with Crippen LogP contribution >= 0.6 is 0 Å². The Morgan fingerprint density at radius 2 is 1.76 bits per heavy atom. The highest BCUT2D eigenvalue weighted by Gasteiger charge is 2.26. The fraction of sp³-hybridized carbons (Fsp3) is 0.633. The van der Waals surface area contributed by atoms with E-state index >= 15 is 0 Å². The number of ketones is 1. The number of nitrogens with two attached hydrogens (primary N) is 3. The van der Waals surface area contributed by atoms with Crippen molar-refractivity contribution in [3.05, 3.63) is 42.1 Å². The first-order valence-corrected chi connectivity index (χ1v) is 14.5. The zero-order valence-corrected chi connectivity index (χ0v) is 23.2. The SMILES string of the molecule is C[N+](CCN)(CCN)CCC[C@H](N)C(=O)N[C@H](CCC1CCCCC1)C(=O)Cc1cnc2ccccc2c1. The highest BCUT2D eigenvalue weighted by atomic mass is 16.2. The topological polar surface area (TPSA) is 137 Å². The summed E-state index contributed by atoms with van der Waals surface area (Å²) >= 11 is 0. The number of Topliss-reactive ketones (excluding diaryl/α,β-unsaturated/α-hetero) is 1. The smallest absolute Gasteiger partial charge is 0.237 e. The number of rotatable bonds is 16. The van der Waals surface area contributed by atoms with Crippen molar-refractivity contribution >= 4 is 22.6 Å². The maximum atomic E-state index is 13.5. The van der Waals surface area contributed by atoms with E-state index in [4.69, 9.17) is 17.2 Å². The Labute approximate surface area is 228 Å². The van der Waals surface area contributed by atoms with E-state index in [0.717, 1.165) is 53.4 Å². The van der Waals surface area contributed by atoms with E-state index < -0.39 is 12.1 Å². The summed E-state index contributed by atoms with van der Waals surface area (Å²) in [5.41, 5.74) is 19.7. The predicted octanol–water partition coefficient (Wildman–Crippen LogP) is 2.66. The molecule has 38 heavy (non-hydrogen) atoms. The van der Waals surface area contributed by atoms with Gasteiger partial charge in [-0.1, -0.05) is 50.3 Å². The number of carbonyl (C=O) groups excluding carboxylic acids is 2. The van der Waals surface area contributed by atoms with Gasteiger partial charge in [-0.3, -0.25) is 14.6 Å². The summed E-state index contributed by atoms with van der Waals surface area (Å²) in [5, 5.41) is 4.04. The second-order valence-electron chi connectivity index (χ2n) is 11.4. The lowest BCUT2D eigenvalue weighted by Crippen LogP contribution is -2.52. The second-order valence-corrected chi connectivity index (χ2v) is 11.4. The molecule has 8 heteroatoms. The molecule has 1 aromatic heterocycles. The van der Waals surface area contributed by atoms with Crippen LogP contribution < -0.4 is 22.5 Å².